The van der Waals surface area contributed by atoms with Crippen LogP contribution in [-0.2, 0) is 16.6 Å². The molecule has 1 aliphatic carbocycles. The molecule has 0 radical (unpaired) electrons. The largest absolute Gasteiger partial charge is 0.461 e. The molecule has 5 heterocycles. The third-order valence-corrected chi connectivity index (χ3v) is 10.7. The molecule has 238 valence electrons. The number of thiophene rings is 1. The number of carbonyl (C=O) groups excluding carboxylic acids is 1. The van der Waals surface area contributed by atoms with Crippen LogP contribution in [-0.4, -0.2) is 82.1 Å². The second-order valence-electron chi connectivity index (χ2n) is 14.7. The molecule has 4 aliphatic rings. The molecular formula is C32H45N7O4S. The van der Waals surface area contributed by atoms with Gasteiger partial charge in [0, 0.05) is 49.1 Å². The first-order chi connectivity index (χ1) is 20.7. The molecule has 3 fully saturated rings. The standard InChI is InChI=1S/C32H45N7O4S/c1-29(2,3)43-28(40)39-14-7-10-30(39,4)20-42-27-35-23(37-13-8-11-31(5,41)17-37)15-24(36-27)38-18-32(19-38)12-6-9-22-25(32)21(16-33)26(34)44-22/h15,41H,6-14,17-20,34H2,1-5H3/t30-,31+/m0/s1. The number of β-amino-alcohol motifs (C(OH)–C–C–N with tert-alkyl or cyclic N) is 1. The van der Waals surface area contributed by atoms with E-state index in [-0.39, 0.29) is 24.1 Å². The molecule has 3 aliphatic heterocycles. The molecule has 44 heavy (non-hydrogen) atoms. The SMILES string of the molecule is CC(C)(C)OC(=O)N1CCC[C@@]1(C)COc1nc(N2CC3(CCCc4sc(N)c(C#N)c43)C2)cc(N2CCC[C@@](C)(O)C2)n1. The summed E-state index contributed by atoms with van der Waals surface area (Å²) in [4.78, 5) is 30.1. The first-order valence-corrected chi connectivity index (χ1v) is 16.6. The molecule has 1 amide bonds. The molecule has 12 heteroatoms. The Morgan fingerprint density at radius 3 is 2.48 bits per heavy atom. The average molecular weight is 624 g/mol. The molecule has 6 rings (SSSR count). The van der Waals surface area contributed by atoms with Crippen LogP contribution in [0.25, 0.3) is 0 Å². The highest BCUT2D eigenvalue weighted by Crippen LogP contribution is 2.51. The van der Waals surface area contributed by atoms with E-state index >= 15 is 0 Å². The first-order valence-electron chi connectivity index (χ1n) is 15.8. The number of piperidine rings is 1. The minimum absolute atomic E-state index is 0.112. The van der Waals surface area contributed by atoms with Crippen molar-refractivity contribution < 1.29 is 19.4 Å². The number of hydrogen-bond donors (Lipinski definition) is 2. The number of ether oxygens (including phenoxy) is 2. The van der Waals surface area contributed by atoms with Crippen molar-refractivity contribution in [3.8, 4) is 12.1 Å². The fourth-order valence-electron chi connectivity index (χ4n) is 7.45. The fourth-order valence-corrected chi connectivity index (χ4v) is 8.63. The normalized spacial score (nSPS) is 26.2. The third kappa shape index (κ3) is 5.76. The maximum absolute atomic E-state index is 13.0. The van der Waals surface area contributed by atoms with E-state index in [9.17, 15) is 15.2 Å². The lowest BCUT2D eigenvalue weighted by Gasteiger charge is -2.53. The molecule has 2 aromatic rings. The minimum atomic E-state index is -0.804. The number of carbonyl (C=O) groups is 1. The van der Waals surface area contributed by atoms with Crippen molar-refractivity contribution >= 4 is 34.1 Å². The van der Waals surface area contributed by atoms with Gasteiger partial charge in [0.1, 0.15) is 34.9 Å². The van der Waals surface area contributed by atoms with E-state index in [1.165, 1.54) is 4.88 Å². The quantitative estimate of drug-likeness (QED) is 0.485. The summed E-state index contributed by atoms with van der Waals surface area (Å²) in [6.07, 6.45) is 5.97. The van der Waals surface area contributed by atoms with Crippen molar-refractivity contribution in [2.45, 2.75) is 102 Å². The molecule has 3 saturated heterocycles. The number of aryl methyl sites for hydroxylation is 1. The van der Waals surface area contributed by atoms with Crippen LogP contribution in [0, 0.1) is 11.3 Å². The molecule has 0 unspecified atom stereocenters. The van der Waals surface area contributed by atoms with E-state index < -0.39 is 16.7 Å². The van der Waals surface area contributed by atoms with Gasteiger partial charge < -0.3 is 30.1 Å². The minimum Gasteiger partial charge on any atom is -0.461 e. The van der Waals surface area contributed by atoms with E-state index in [4.69, 9.17) is 25.2 Å². The Morgan fingerprint density at radius 2 is 1.80 bits per heavy atom. The molecule has 2 atom stereocenters. The fraction of sp³-hybridized carbons (Fsp3) is 0.688. The van der Waals surface area contributed by atoms with Crippen molar-refractivity contribution in [3.05, 3.63) is 22.1 Å². The monoisotopic (exact) mass is 623 g/mol. The number of aromatic nitrogens is 2. The number of hydrogen-bond acceptors (Lipinski definition) is 11. The van der Waals surface area contributed by atoms with Crippen LogP contribution in [0.1, 0.15) is 89.1 Å². The van der Waals surface area contributed by atoms with Crippen LogP contribution in [0.2, 0.25) is 0 Å². The van der Waals surface area contributed by atoms with Gasteiger partial charge in [0.25, 0.3) is 0 Å². The molecule has 11 nitrogen and oxygen atoms in total. The number of aliphatic hydroxyl groups is 1. The average Bonchev–Trinajstić information content (AvgIpc) is 3.48. The van der Waals surface area contributed by atoms with E-state index in [2.05, 4.69) is 15.9 Å². The molecular weight excluding hydrogens is 578 g/mol. The third-order valence-electron chi connectivity index (χ3n) is 9.57. The van der Waals surface area contributed by atoms with Crippen molar-refractivity contribution in [1.29, 1.82) is 5.26 Å². The van der Waals surface area contributed by atoms with Crippen LogP contribution < -0.4 is 20.3 Å². The number of nitrogen functional groups attached to an aromatic ring is 1. The van der Waals surface area contributed by atoms with Crippen LogP contribution in [0.5, 0.6) is 6.01 Å². The highest BCUT2D eigenvalue weighted by Gasteiger charge is 2.50. The highest BCUT2D eigenvalue weighted by atomic mass is 32.1. The number of nitrogens with zero attached hydrogens (tertiary/aromatic N) is 6. The Hall–Kier alpha value is -3.30. The second kappa shape index (κ2) is 10.9. The smallest absolute Gasteiger partial charge is 0.410 e. The van der Waals surface area contributed by atoms with Gasteiger partial charge in [0.05, 0.1) is 16.7 Å². The first kappa shape index (κ1) is 30.7. The molecule has 0 saturated carbocycles. The van der Waals surface area contributed by atoms with Gasteiger partial charge in [-0.2, -0.15) is 15.2 Å². The van der Waals surface area contributed by atoms with E-state index in [1.807, 2.05) is 40.7 Å². The van der Waals surface area contributed by atoms with Crippen molar-refractivity contribution in [3.63, 3.8) is 0 Å². The molecule has 0 bridgehead atoms. The van der Waals surface area contributed by atoms with Crippen LogP contribution in [0.15, 0.2) is 6.07 Å². The lowest BCUT2D eigenvalue weighted by molar-refractivity contribution is 0.00166. The number of fused-ring (bicyclic) bond motifs is 2. The number of nitrogens with two attached hydrogens (primary N) is 1. The van der Waals surface area contributed by atoms with Crippen molar-refractivity contribution in [2.24, 2.45) is 0 Å². The maximum atomic E-state index is 13.0. The molecule has 2 aromatic heterocycles. The number of anilines is 3. The Kier molecular flexibility index (Phi) is 7.64. The number of amides is 1. The molecule has 3 N–H and O–H groups in total. The van der Waals surface area contributed by atoms with Crippen LogP contribution in [0.3, 0.4) is 0 Å². The Balaban J connectivity index is 1.26. The zero-order valence-corrected chi connectivity index (χ0v) is 27.4. The lowest BCUT2D eigenvalue weighted by atomic mass is 9.66. The van der Waals surface area contributed by atoms with Gasteiger partial charge in [0.15, 0.2) is 0 Å². The zero-order chi connectivity index (χ0) is 31.5. The Labute approximate surface area is 263 Å². The van der Waals surface area contributed by atoms with Crippen LogP contribution >= 0.6 is 11.3 Å². The van der Waals surface area contributed by atoms with Crippen LogP contribution in [0.4, 0.5) is 21.4 Å². The predicted molar refractivity (Wildman–Crippen MR) is 170 cm³/mol. The summed E-state index contributed by atoms with van der Waals surface area (Å²) >= 11 is 1.56. The molecule has 0 aromatic carbocycles. The van der Waals surface area contributed by atoms with Gasteiger partial charge >= 0.3 is 12.1 Å². The van der Waals surface area contributed by atoms with Gasteiger partial charge in [-0.15, -0.1) is 11.3 Å². The summed E-state index contributed by atoms with van der Waals surface area (Å²) in [7, 11) is 0. The second-order valence-corrected chi connectivity index (χ2v) is 15.8. The van der Waals surface area contributed by atoms with Gasteiger partial charge in [-0.25, -0.2) is 4.79 Å². The summed E-state index contributed by atoms with van der Waals surface area (Å²) in [6, 6.07) is 4.62. The van der Waals surface area contributed by atoms with E-state index in [1.54, 1.807) is 16.2 Å². The van der Waals surface area contributed by atoms with E-state index in [0.29, 0.717) is 29.5 Å². The Morgan fingerprint density at radius 1 is 1.09 bits per heavy atom. The lowest BCUT2D eigenvalue weighted by Crippen LogP contribution is -2.61. The number of nitriles is 1. The van der Waals surface area contributed by atoms with Crippen molar-refractivity contribution in [2.75, 3.05) is 54.9 Å². The summed E-state index contributed by atoms with van der Waals surface area (Å²) in [5.74, 6) is 1.48. The van der Waals surface area contributed by atoms with Crippen molar-refractivity contribution in [1.82, 2.24) is 14.9 Å². The van der Waals surface area contributed by atoms with E-state index in [0.717, 1.165) is 76.0 Å². The summed E-state index contributed by atoms with van der Waals surface area (Å²) in [5, 5.41) is 21.4. The summed E-state index contributed by atoms with van der Waals surface area (Å²) in [6.45, 7) is 13.1. The molecule has 1 spiro atoms. The number of likely N-dealkylation sites (tertiary alicyclic amines) is 1. The topological polar surface area (TPSA) is 141 Å². The Bertz CT molecular complexity index is 1470. The zero-order valence-electron chi connectivity index (χ0n) is 26.6. The summed E-state index contributed by atoms with van der Waals surface area (Å²) < 4.78 is 12.0. The predicted octanol–water partition coefficient (Wildman–Crippen LogP) is 4.61. The van der Waals surface area contributed by atoms with Gasteiger partial charge in [0.2, 0.25) is 0 Å². The van der Waals surface area contributed by atoms with Gasteiger partial charge in [-0.3, -0.25) is 4.90 Å². The maximum Gasteiger partial charge on any atom is 0.410 e. The van der Waals surface area contributed by atoms with Gasteiger partial charge in [-0.1, -0.05) is 0 Å². The van der Waals surface area contributed by atoms with Gasteiger partial charge in [-0.05, 0) is 85.1 Å². The number of rotatable bonds is 5. The highest BCUT2D eigenvalue weighted by molar-refractivity contribution is 7.16. The summed E-state index contributed by atoms with van der Waals surface area (Å²) in [5.41, 5.74) is 5.99.